The number of hydrogen-bond acceptors (Lipinski definition) is 4. The van der Waals surface area contributed by atoms with Crippen LogP contribution in [0.15, 0.2) is 59.7 Å². The van der Waals surface area contributed by atoms with Gasteiger partial charge < -0.3 is 4.74 Å². The fourth-order valence-corrected chi connectivity index (χ4v) is 1.74. The molecule has 0 fully saturated rings. The van der Waals surface area contributed by atoms with Gasteiger partial charge in [-0.3, -0.25) is 4.79 Å². The van der Waals surface area contributed by atoms with Gasteiger partial charge in [-0.15, -0.1) is 0 Å². The smallest absolute Gasteiger partial charge is 0.428 e. The van der Waals surface area contributed by atoms with Crippen molar-refractivity contribution in [1.29, 1.82) is 0 Å². The van der Waals surface area contributed by atoms with E-state index in [1.54, 1.807) is 24.3 Å². The van der Waals surface area contributed by atoms with Crippen molar-refractivity contribution < 1.29 is 14.3 Å². The normalized spacial score (nSPS) is 10.4. The predicted octanol–water partition coefficient (Wildman–Crippen LogP) is 3.33. The maximum absolute atomic E-state index is 11.4. The lowest BCUT2D eigenvalue weighted by Crippen LogP contribution is -2.18. The molecule has 2 rings (SSSR count). The SMILES string of the molecule is O=C(N/N=C/c1ccc(C(=O)Cl)cc1)OCc1ccccc1. The van der Waals surface area contributed by atoms with E-state index < -0.39 is 11.3 Å². The Labute approximate surface area is 132 Å². The molecule has 6 heteroatoms. The number of halogens is 1. The molecular formula is C16H13ClN2O3. The van der Waals surface area contributed by atoms with Crippen molar-refractivity contribution in [2.45, 2.75) is 6.61 Å². The van der Waals surface area contributed by atoms with Crippen LogP contribution in [0.4, 0.5) is 4.79 Å². The van der Waals surface area contributed by atoms with Crippen LogP contribution in [0.2, 0.25) is 0 Å². The number of nitrogens with one attached hydrogen (secondary N) is 1. The van der Waals surface area contributed by atoms with Crippen LogP contribution in [0.25, 0.3) is 0 Å². The van der Waals surface area contributed by atoms with Crippen LogP contribution in [0.1, 0.15) is 21.5 Å². The highest BCUT2D eigenvalue weighted by Crippen LogP contribution is 2.05. The lowest BCUT2D eigenvalue weighted by atomic mass is 10.2. The van der Waals surface area contributed by atoms with E-state index in [0.717, 1.165) is 5.56 Å². The van der Waals surface area contributed by atoms with Crippen LogP contribution >= 0.6 is 11.6 Å². The minimum Gasteiger partial charge on any atom is -0.443 e. The molecule has 1 N–H and O–H groups in total. The van der Waals surface area contributed by atoms with Crippen molar-refractivity contribution in [3.8, 4) is 0 Å². The standard InChI is InChI=1S/C16H13ClN2O3/c17-15(20)14-8-6-12(7-9-14)10-18-19-16(21)22-11-13-4-2-1-3-5-13/h1-10H,11H2,(H,19,21)/b18-10+. The third-order valence-electron chi connectivity index (χ3n) is 2.72. The molecule has 1 amide bonds. The zero-order valence-electron chi connectivity index (χ0n) is 11.5. The Kier molecular flexibility index (Phi) is 5.68. The highest BCUT2D eigenvalue weighted by atomic mass is 35.5. The summed E-state index contributed by atoms with van der Waals surface area (Å²) in [6.07, 6.45) is 0.791. The summed E-state index contributed by atoms with van der Waals surface area (Å²) in [5, 5.41) is 3.24. The van der Waals surface area contributed by atoms with Gasteiger partial charge in [0.15, 0.2) is 0 Å². The van der Waals surface area contributed by atoms with Gasteiger partial charge in [0.2, 0.25) is 0 Å². The first-order valence-corrected chi connectivity index (χ1v) is 6.82. The van der Waals surface area contributed by atoms with Crippen LogP contribution in [-0.4, -0.2) is 17.6 Å². The van der Waals surface area contributed by atoms with Gasteiger partial charge in [-0.05, 0) is 34.9 Å². The summed E-state index contributed by atoms with van der Waals surface area (Å²) in [6, 6.07) is 15.8. The molecule has 0 saturated carbocycles. The van der Waals surface area contributed by atoms with Gasteiger partial charge in [0.1, 0.15) is 6.61 Å². The van der Waals surface area contributed by atoms with Crippen molar-refractivity contribution >= 4 is 29.2 Å². The number of ether oxygens (including phenoxy) is 1. The third kappa shape index (κ3) is 5.03. The summed E-state index contributed by atoms with van der Waals surface area (Å²) < 4.78 is 4.99. The van der Waals surface area contributed by atoms with E-state index in [0.29, 0.717) is 11.1 Å². The number of nitrogens with zero attached hydrogens (tertiary/aromatic N) is 1. The summed E-state index contributed by atoms with van der Waals surface area (Å²) in [5.74, 6) is 0. The van der Waals surface area contributed by atoms with E-state index in [1.807, 2.05) is 30.3 Å². The molecule has 0 bridgehead atoms. The molecule has 0 heterocycles. The van der Waals surface area contributed by atoms with Crippen LogP contribution in [-0.2, 0) is 11.3 Å². The van der Waals surface area contributed by atoms with E-state index in [9.17, 15) is 9.59 Å². The fourth-order valence-electron chi connectivity index (χ4n) is 1.62. The van der Waals surface area contributed by atoms with E-state index >= 15 is 0 Å². The summed E-state index contributed by atoms with van der Waals surface area (Å²) in [7, 11) is 0. The summed E-state index contributed by atoms with van der Waals surface area (Å²) in [4.78, 5) is 22.3. The Morgan fingerprint density at radius 1 is 1.09 bits per heavy atom. The van der Waals surface area contributed by atoms with Gasteiger partial charge in [0.25, 0.3) is 5.24 Å². The molecule has 0 unspecified atom stereocenters. The Morgan fingerprint density at radius 2 is 1.77 bits per heavy atom. The van der Waals surface area contributed by atoms with Crippen molar-refractivity contribution in [2.24, 2.45) is 5.10 Å². The van der Waals surface area contributed by atoms with Gasteiger partial charge in [-0.1, -0.05) is 42.5 Å². The maximum atomic E-state index is 11.4. The van der Waals surface area contributed by atoms with E-state index in [1.165, 1.54) is 6.21 Å². The minimum atomic E-state index is -0.646. The van der Waals surface area contributed by atoms with E-state index in [4.69, 9.17) is 16.3 Å². The Morgan fingerprint density at radius 3 is 2.41 bits per heavy atom. The molecule has 0 aliphatic carbocycles. The molecule has 0 radical (unpaired) electrons. The maximum Gasteiger partial charge on any atom is 0.428 e. The van der Waals surface area contributed by atoms with Crippen molar-refractivity contribution in [1.82, 2.24) is 5.43 Å². The third-order valence-corrected chi connectivity index (χ3v) is 2.94. The average Bonchev–Trinajstić information content (AvgIpc) is 2.54. The van der Waals surface area contributed by atoms with Crippen molar-refractivity contribution in [2.75, 3.05) is 0 Å². The zero-order valence-corrected chi connectivity index (χ0v) is 12.3. The number of hydrazone groups is 1. The second kappa shape index (κ2) is 7.95. The van der Waals surface area contributed by atoms with Gasteiger partial charge in [-0.25, -0.2) is 10.2 Å². The zero-order chi connectivity index (χ0) is 15.8. The number of carbonyl (C=O) groups is 2. The van der Waals surface area contributed by atoms with E-state index in [-0.39, 0.29) is 6.61 Å². The molecule has 5 nitrogen and oxygen atoms in total. The van der Waals surface area contributed by atoms with Crippen LogP contribution in [0.3, 0.4) is 0 Å². The number of amides is 1. The number of benzene rings is 2. The monoisotopic (exact) mass is 316 g/mol. The molecule has 22 heavy (non-hydrogen) atoms. The Balaban J connectivity index is 1.79. The van der Waals surface area contributed by atoms with Gasteiger partial charge in [0, 0.05) is 5.56 Å². The molecule has 0 aliphatic rings. The first-order valence-electron chi connectivity index (χ1n) is 6.45. The van der Waals surface area contributed by atoms with Gasteiger partial charge in [-0.2, -0.15) is 5.10 Å². The lowest BCUT2D eigenvalue weighted by Gasteiger charge is -2.03. The minimum absolute atomic E-state index is 0.175. The highest BCUT2D eigenvalue weighted by molar-refractivity contribution is 6.67. The molecule has 2 aromatic rings. The molecule has 0 spiro atoms. The van der Waals surface area contributed by atoms with Crippen molar-refractivity contribution in [3.05, 3.63) is 71.3 Å². The molecular weight excluding hydrogens is 304 g/mol. The van der Waals surface area contributed by atoms with Crippen molar-refractivity contribution in [3.63, 3.8) is 0 Å². The quantitative estimate of drug-likeness (QED) is 0.522. The summed E-state index contributed by atoms with van der Waals surface area (Å²) >= 11 is 5.34. The van der Waals surface area contributed by atoms with Crippen LogP contribution < -0.4 is 5.43 Å². The highest BCUT2D eigenvalue weighted by Gasteiger charge is 2.01. The molecule has 0 saturated heterocycles. The Bertz CT molecular complexity index is 670. The predicted molar refractivity (Wildman–Crippen MR) is 84.0 cm³/mol. The molecule has 112 valence electrons. The second-order valence-electron chi connectivity index (χ2n) is 4.33. The first-order chi connectivity index (χ1) is 10.6. The van der Waals surface area contributed by atoms with E-state index in [2.05, 4.69) is 10.5 Å². The number of hydrogen-bond donors (Lipinski definition) is 1. The average molecular weight is 317 g/mol. The summed E-state index contributed by atoms with van der Waals surface area (Å²) in [5.41, 5.74) is 4.26. The lowest BCUT2D eigenvalue weighted by molar-refractivity contribution is 0.108. The number of rotatable bonds is 5. The van der Waals surface area contributed by atoms with Crippen LogP contribution in [0, 0.1) is 0 Å². The topological polar surface area (TPSA) is 67.8 Å². The largest absolute Gasteiger partial charge is 0.443 e. The van der Waals surface area contributed by atoms with Gasteiger partial charge in [0.05, 0.1) is 6.21 Å². The molecule has 2 aromatic carbocycles. The second-order valence-corrected chi connectivity index (χ2v) is 4.67. The molecule has 0 aromatic heterocycles. The first kappa shape index (κ1) is 15.7. The van der Waals surface area contributed by atoms with Gasteiger partial charge >= 0.3 is 6.09 Å². The fraction of sp³-hybridized carbons (Fsp3) is 0.0625. The molecule has 0 aliphatic heterocycles. The Hall–Kier alpha value is -2.66. The summed E-state index contributed by atoms with van der Waals surface area (Å²) in [6.45, 7) is 0.175. The number of carbonyl (C=O) groups excluding carboxylic acids is 2. The van der Waals surface area contributed by atoms with Crippen LogP contribution in [0.5, 0.6) is 0 Å². The molecule has 0 atom stereocenters.